The van der Waals surface area contributed by atoms with Crippen LogP contribution < -0.4 is 10.1 Å². The Morgan fingerprint density at radius 1 is 1.28 bits per heavy atom. The minimum absolute atomic E-state index is 0.0207. The van der Waals surface area contributed by atoms with Gasteiger partial charge in [0.15, 0.2) is 17.4 Å². The number of nitro groups is 1. The molecule has 5 rings (SSSR count). The molecule has 2 aromatic heterocycles. The van der Waals surface area contributed by atoms with Crippen molar-refractivity contribution in [2.45, 2.75) is 69.3 Å². The number of aromatic nitrogens is 4. The van der Waals surface area contributed by atoms with Crippen LogP contribution in [0.3, 0.4) is 0 Å². The van der Waals surface area contributed by atoms with Gasteiger partial charge in [-0.25, -0.2) is 18.7 Å². The average Bonchev–Trinajstić information content (AvgIpc) is 3.46. The van der Waals surface area contributed by atoms with Crippen molar-refractivity contribution in [3.8, 4) is 5.88 Å². The first kappa shape index (κ1) is 24.2. The van der Waals surface area contributed by atoms with E-state index in [2.05, 4.69) is 20.3 Å². The maximum absolute atomic E-state index is 13.8. The van der Waals surface area contributed by atoms with Gasteiger partial charge in [0, 0.05) is 31.0 Å². The molecule has 3 heterocycles. The number of anilines is 1. The van der Waals surface area contributed by atoms with E-state index < -0.39 is 41.4 Å². The van der Waals surface area contributed by atoms with Crippen molar-refractivity contribution >= 4 is 22.8 Å². The van der Waals surface area contributed by atoms with Crippen LogP contribution in [0.25, 0.3) is 11.2 Å². The second-order valence-electron chi connectivity index (χ2n) is 9.02. The monoisotopic (exact) mass is 506 g/mol. The lowest BCUT2D eigenvalue weighted by atomic mass is 10.1. The van der Waals surface area contributed by atoms with Gasteiger partial charge in [-0.2, -0.15) is 4.98 Å². The minimum Gasteiger partial charge on any atom is -0.471 e. The Bertz CT molecular complexity index is 1270. The summed E-state index contributed by atoms with van der Waals surface area (Å²) in [5.74, 6) is -2.58. The number of benzene rings is 1. The number of nitro benzene ring substituents is 1. The molecule has 1 aliphatic heterocycles. The van der Waals surface area contributed by atoms with E-state index in [1.807, 2.05) is 0 Å². The van der Waals surface area contributed by atoms with Gasteiger partial charge in [0.1, 0.15) is 25.1 Å². The first-order valence-corrected chi connectivity index (χ1v) is 11.4. The second kappa shape index (κ2) is 9.19. The molecule has 3 N–H and O–H groups in total. The van der Waals surface area contributed by atoms with Crippen LogP contribution in [0.2, 0.25) is 0 Å². The molecule has 1 aromatic carbocycles. The lowest BCUT2D eigenvalue weighted by Crippen LogP contribution is -2.31. The van der Waals surface area contributed by atoms with Crippen LogP contribution in [0.4, 0.5) is 20.4 Å². The first-order chi connectivity index (χ1) is 17.1. The molecule has 2 fully saturated rings. The van der Waals surface area contributed by atoms with Crippen LogP contribution in [-0.2, 0) is 11.3 Å². The van der Waals surface area contributed by atoms with Crippen molar-refractivity contribution in [2.75, 3.05) is 5.32 Å². The van der Waals surface area contributed by atoms with E-state index in [4.69, 9.17) is 9.47 Å². The SMILES string of the molecule is C[C@H]1O[C@@H](n2c(N[C@H]3CCC(F)(F)C3)nc3c(OCc4ccc([N+](=O)[O-])cc4)ncnc32)[C@H](O)[C@@H]1O. The van der Waals surface area contributed by atoms with Gasteiger partial charge in [0.25, 0.3) is 5.69 Å². The number of halogens is 2. The highest BCUT2D eigenvalue weighted by atomic mass is 19.3. The summed E-state index contributed by atoms with van der Waals surface area (Å²) in [5.41, 5.74) is 0.990. The molecule has 1 saturated heterocycles. The molecule has 0 amide bonds. The summed E-state index contributed by atoms with van der Waals surface area (Å²) in [7, 11) is 0. The summed E-state index contributed by atoms with van der Waals surface area (Å²) in [6.07, 6.45) is -3.45. The zero-order valence-corrected chi connectivity index (χ0v) is 19.1. The Kier molecular flexibility index (Phi) is 6.18. The van der Waals surface area contributed by atoms with Crippen molar-refractivity contribution < 1.29 is 33.4 Å². The molecular formula is C22H24F2N6O6. The third-order valence-corrected chi connectivity index (χ3v) is 6.43. The number of non-ortho nitro benzene ring substituents is 1. The third-order valence-electron chi connectivity index (χ3n) is 6.43. The van der Waals surface area contributed by atoms with Crippen molar-refractivity contribution in [1.29, 1.82) is 0 Å². The second-order valence-corrected chi connectivity index (χ2v) is 9.02. The van der Waals surface area contributed by atoms with Gasteiger partial charge >= 0.3 is 0 Å². The molecule has 192 valence electrons. The highest BCUT2D eigenvalue weighted by molar-refractivity contribution is 5.79. The molecule has 2 aliphatic rings. The quantitative estimate of drug-likeness (QED) is 0.321. The van der Waals surface area contributed by atoms with E-state index in [0.29, 0.717) is 5.56 Å². The fourth-order valence-corrected chi connectivity index (χ4v) is 4.50. The van der Waals surface area contributed by atoms with E-state index in [9.17, 15) is 29.1 Å². The highest BCUT2D eigenvalue weighted by Crippen LogP contribution is 2.39. The lowest BCUT2D eigenvalue weighted by molar-refractivity contribution is -0.384. The van der Waals surface area contributed by atoms with Crippen LogP contribution in [0.5, 0.6) is 5.88 Å². The maximum atomic E-state index is 13.8. The summed E-state index contributed by atoms with van der Waals surface area (Å²) < 4.78 is 40.6. The summed E-state index contributed by atoms with van der Waals surface area (Å²) in [6.45, 7) is 1.62. The molecule has 0 unspecified atom stereocenters. The highest BCUT2D eigenvalue weighted by Gasteiger charge is 2.44. The van der Waals surface area contributed by atoms with Crippen LogP contribution in [0.1, 0.15) is 38.0 Å². The lowest BCUT2D eigenvalue weighted by Gasteiger charge is -2.21. The third kappa shape index (κ3) is 4.54. The molecule has 0 spiro atoms. The van der Waals surface area contributed by atoms with E-state index in [1.165, 1.54) is 23.0 Å². The number of ether oxygens (including phenoxy) is 2. The van der Waals surface area contributed by atoms with Gasteiger partial charge in [0.05, 0.1) is 11.0 Å². The number of nitrogens with one attached hydrogen (secondary N) is 1. The molecule has 1 saturated carbocycles. The zero-order chi connectivity index (χ0) is 25.6. The first-order valence-electron chi connectivity index (χ1n) is 11.4. The molecule has 0 bridgehead atoms. The number of aliphatic hydroxyl groups excluding tert-OH is 2. The molecule has 1 aliphatic carbocycles. The minimum atomic E-state index is -2.79. The Morgan fingerprint density at radius 2 is 2.03 bits per heavy atom. The number of hydrogen-bond acceptors (Lipinski definition) is 10. The maximum Gasteiger partial charge on any atom is 0.269 e. The molecule has 12 nitrogen and oxygen atoms in total. The van der Waals surface area contributed by atoms with Crippen molar-refractivity contribution in [1.82, 2.24) is 19.5 Å². The van der Waals surface area contributed by atoms with Gasteiger partial charge in [-0.1, -0.05) is 0 Å². The molecule has 36 heavy (non-hydrogen) atoms. The van der Waals surface area contributed by atoms with E-state index in [-0.39, 0.29) is 54.5 Å². The topological polar surface area (TPSA) is 158 Å². The number of nitrogens with zero attached hydrogens (tertiary/aromatic N) is 5. The van der Waals surface area contributed by atoms with Gasteiger partial charge in [-0.3, -0.25) is 14.7 Å². The van der Waals surface area contributed by atoms with Gasteiger partial charge in [-0.15, -0.1) is 0 Å². The fraction of sp³-hybridized carbons (Fsp3) is 0.500. The Hall–Kier alpha value is -3.49. The number of rotatable bonds is 7. The van der Waals surface area contributed by atoms with Crippen molar-refractivity contribution in [3.63, 3.8) is 0 Å². The van der Waals surface area contributed by atoms with Crippen molar-refractivity contribution in [2.24, 2.45) is 0 Å². The Morgan fingerprint density at radius 3 is 2.64 bits per heavy atom. The molecule has 3 aromatic rings. The number of alkyl halides is 2. The summed E-state index contributed by atoms with van der Waals surface area (Å²) >= 11 is 0. The van der Waals surface area contributed by atoms with Crippen LogP contribution in [0, 0.1) is 10.1 Å². The molecule has 5 atom stereocenters. The summed E-state index contributed by atoms with van der Waals surface area (Å²) in [5, 5.41) is 34.7. The van der Waals surface area contributed by atoms with E-state index >= 15 is 0 Å². The standard InChI is InChI=1S/C22H24F2N6O6/c1-11-16(31)17(32)20(36-11)29-18-15(28-21(29)27-13-6-7-22(23,24)8-13)19(26-10-25-18)35-9-12-2-4-14(5-3-12)30(33)34/h2-5,10-11,13,16-17,20,31-32H,6-9H2,1H3,(H,27,28)/t11-,13+,16-,17-,20-/m1/s1. The van der Waals surface area contributed by atoms with Gasteiger partial charge in [0.2, 0.25) is 17.8 Å². The normalized spacial score (nSPS) is 27.4. The van der Waals surface area contributed by atoms with Gasteiger partial charge in [-0.05, 0) is 31.0 Å². The average molecular weight is 506 g/mol. The van der Waals surface area contributed by atoms with Crippen molar-refractivity contribution in [3.05, 3.63) is 46.3 Å². The van der Waals surface area contributed by atoms with E-state index in [1.54, 1.807) is 19.1 Å². The van der Waals surface area contributed by atoms with Crippen LogP contribution >= 0.6 is 0 Å². The largest absolute Gasteiger partial charge is 0.471 e. The fourth-order valence-electron chi connectivity index (χ4n) is 4.50. The molecule has 0 radical (unpaired) electrons. The van der Waals surface area contributed by atoms with E-state index in [0.717, 1.165) is 0 Å². The number of imidazole rings is 1. The Labute approximate surface area is 203 Å². The zero-order valence-electron chi connectivity index (χ0n) is 19.1. The summed E-state index contributed by atoms with van der Waals surface area (Å²) in [6, 6.07) is 5.23. The smallest absolute Gasteiger partial charge is 0.269 e. The number of hydrogen-bond donors (Lipinski definition) is 3. The molecule has 14 heteroatoms. The van der Waals surface area contributed by atoms with Gasteiger partial charge < -0.3 is 25.0 Å². The predicted molar refractivity (Wildman–Crippen MR) is 121 cm³/mol. The molecular weight excluding hydrogens is 482 g/mol. The van der Waals surface area contributed by atoms with Crippen LogP contribution in [0.15, 0.2) is 30.6 Å². The van der Waals surface area contributed by atoms with Crippen LogP contribution in [-0.4, -0.2) is 64.9 Å². The Balaban J connectivity index is 1.48. The summed E-state index contributed by atoms with van der Waals surface area (Å²) in [4.78, 5) is 23.2. The number of aliphatic hydroxyl groups is 2. The predicted octanol–water partition coefficient (Wildman–Crippen LogP) is 2.55. The number of fused-ring (bicyclic) bond motifs is 1.